The Morgan fingerprint density at radius 3 is 2.50 bits per heavy atom. The van der Waals surface area contributed by atoms with Crippen LogP contribution in [0.1, 0.15) is 11.1 Å². The van der Waals surface area contributed by atoms with Crippen LogP contribution < -0.4 is 10.6 Å². The number of anilines is 3. The Bertz CT molecular complexity index is 835. The summed E-state index contributed by atoms with van der Waals surface area (Å²) < 4.78 is 0. The van der Waals surface area contributed by atoms with Gasteiger partial charge in [0.15, 0.2) is 0 Å². The average Bonchev–Trinajstić information content (AvgIpc) is 2.58. The van der Waals surface area contributed by atoms with Crippen LogP contribution in [0.15, 0.2) is 54.7 Å². The van der Waals surface area contributed by atoms with E-state index in [4.69, 9.17) is 23.2 Å². The van der Waals surface area contributed by atoms with Gasteiger partial charge in [-0.15, -0.1) is 0 Å². The van der Waals surface area contributed by atoms with Gasteiger partial charge in [0.2, 0.25) is 5.95 Å². The summed E-state index contributed by atoms with van der Waals surface area (Å²) in [6.45, 7) is 2.64. The molecule has 1 aromatic heterocycles. The van der Waals surface area contributed by atoms with Crippen molar-refractivity contribution >= 4 is 40.7 Å². The molecule has 0 spiro atoms. The number of hydrogen-bond acceptors (Lipinski definition) is 4. The second kappa shape index (κ2) is 7.51. The fraction of sp³-hybridized carbons (Fsp3) is 0.111. The van der Waals surface area contributed by atoms with Crippen molar-refractivity contribution in [2.75, 3.05) is 10.6 Å². The molecule has 0 unspecified atom stereocenters. The van der Waals surface area contributed by atoms with Crippen molar-refractivity contribution in [3.05, 3.63) is 75.9 Å². The lowest BCUT2D eigenvalue weighted by Gasteiger charge is -2.11. The molecule has 122 valence electrons. The van der Waals surface area contributed by atoms with Crippen molar-refractivity contribution in [3.63, 3.8) is 0 Å². The number of nitrogens with one attached hydrogen (secondary N) is 2. The lowest BCUT2D eigenvalue weighted by Crippen LogP contribution is -2.05. The van der Waals surface area contributed by atoms with Crippen molar-refractivity contribution < 1.29 is 0 Å². The molecule has 0 amide bonds. The van der Waals surface area contributed by atoms with Crippen molar-refractivity contribution in [1.29, 1.82) is 0 Å². The van der Waals surface area contributed by atoms with E-state index >= 15 is 0 Å². The first-order chi connectivity index (χ1) is 11.6. The molecule has 4 nitrogen and oxygen atoms in total. The molecular weight excluding hydrogens is 343 g/mol. The van der Waals surface area contributed by atoms with E-state index in [-0.39, 0.29) is 0 Å². The zero-order valence-electron chi connectivity index (χ0n) is 13.1. The summed E-state index contributed by atoms with van der Waals surface area (Å²) in [6, 6.07) is 15.2. The van der Waals surface area contributed by atoms with E-state index in [0.29, 0.717) is 23.3 Å². The SMILES string of the molecule is Cc1ccc(Cl)cc1Nc1ccnc(NCc2ccc(Cl)cc2)n1. The third kappa shape index (κ3) is 4.37. The van der Waals surface area contributed by atoms with Crippen molar-refractivity contribution in [3.8, 4) is 0 Å². The minimum atomic E-state index is 0.551. The highest BCUT2D eigenvalue weighted by Crippen LogP contribution is 2.23. The molecule has 24 heavy (non-hydrogen) atoms. The molecule has 0 fully saturated rings. The Hall–Kier alpha value is -2.30. The molecule has 2 aromatic carbocycles. The topological polar surface area (TPSA) is 49.8 Å². The first kappa shape index (κ1) is 16.6. The summed E-state index contributed by atoms with van der Waals surface area (Å²) in [6.07, 6.45) is 1.71. The summed E-state index contributed by atoms with van der Waals surface area (Å²) in [7, 11) is 0. The van der Waals surface area contributed by atoms with Gasteiger partial charge in [0.05, 0.1) is 0 Å². The van der Waals surface area contributed by atoms with Crippen LogP contribution in [-0.2, 0) is 6.54 Å². The van der Waals surface area contributed by atoms with Gasteiger partial charge in [-0.05, 0) is 48.4 Å². The maximum Gasteiger partial charge on any atom is 0.224 e. The second-order valence-corrected chi connectivity index (χ2v) is 6.20. The summed E-state index contributed by atoms with van der Waals surface area (Å²) in [4.78, 5) is 8.71. The van der Waals surface area contributed by atoms with Crippen molar-refractivity contribution in [2.45, 2.75) is 13.5 Å². The summed E-state index contributed by atoms with van der Waals surface area (Å²) in [5, 5.41) is 7.87. The fourth-order valence-electron chi connectivity index (χ4n) is 2.16. The molecule has 2 N–H and O–H groups in total. The van der Waals surface area contributed by atoms with E-state index in [9.17, 15) is 0 Å². The smallest absolute Gasteiger partial charge is 0.224 e. The predicted molar refractivity (Wildman–Crippen MR) is 100 cm³/mol. The van der Waals surface area contributed by atoms with Gasteiger partial charge in [0.1, 0.15) is 5.82 Å². The highest BCUT2D eigenvalue weighted by Gasteiger charge is 2.03. The molecule has 0 atom stereocenters. The van der Waals surface area contributed by atoms with Gasteiger partial charge in [-0.3, -0.25) is 0 Å². The molecule has 0 aliphatic rings. The van der Waals surface area contributed by atoms with E-state index < -0.39 is 0 Å². The lowest BCUT2D eigenvalue weighted by molar-refractivity contribution is 1.06. The molecule has 0 saturated carbocycles. The minimum absolute atomic E-state index is 0.551. The Morgan fingerprint density at radius 2 is 1.71 bits per heavy atom. The van der Waals surface area contributed by atoms with Crippen LogP contribution in [0, 0.1) is 6.92 Å². The Morgan fingerprint density at radius 1 is 0.958 bits per heavy atom. The zero-order chi connectivity index (χ0) is 16.9. The van der Waals surface area contributed by atoms with Gasteiger partial charge in [0.25, 0.3) is 0 Å². The normalized spacial score (nSPS) is 10.5. The maximum atomic E-state index is 6.05. The molecule has 0 radical (unpaired) electrons. The number of nitrogens with zero attached hydrogens (tertiary/aromatic N) is 2. The van der Waals surface area contributed by atoms with Crippen LogP contribution in [-0.4, -0.2) is 9.97 Å². The third-order valence-electron chi connectivity index (χ3n) is 3.48. The predicted octanol–water partition coefficient (Wildman–Crippen LogP) is 5.45. The summed E-state index contributed by atoms with van der Waals surface area (Å²) >= 11 is 11.9. The van der Waals surface area contributed by atoms with Gasteiger partial charge in [-0.1, -0.05) is 41.4 Å². The van der Waals surface area contributed by atoms with Crippen LogP contribution in [0.25, 0.3) is 0 Å². The van der Waals surface area contributed by atoms with Crippen LogP contribution in [0.4, 0.5) is 17.5 Å². The van der Waals surface area contributed by atoms with E-state index in [2.05, 4.69) is 20.6 Å². The Kier molecular flexibility index (Phi) is 5.18. The monoisotopic (exact) mass is 358 g/mol. The summed E-state index contributed by atoms with van der Waals surface area (Å²) in [5.41, 5.74) is 3.12. The molecule has 0 aliphatic carbocycles. The van der Waals surface area contributed by atoms with Gasteiger partial charge < -0.3 is 10.6 Å². The molecule has 3 aromatic rings. The Balaban J connectivity index is 1.69. The van der Waals surface area contributed by atoms with Gasteiger partial charge in [-0.2, -0.15) is 4.98 Å². The first-order valence-corrected chi connectivity index (χ1v) is 8.20. The van der Waals surface area contributed by atoms with E-state index in [1.54, 1.807) is 6.20 Å². The quantitative estimate of drug-likeness (QED) is 0.636. The number of aryl methyl sites for hydroxylation is 1. The zero-order valence-corrected chi connectivity index (χ0v) is 14.6. The number of benzene rings is 2. The molecule has 1 heterocycles. The molecule has 0 aliphatic heterocycles. The molecule has 0 bridgehead atoms. The molecular formula is C18H16Cl2N4. The molecule has 6 heteroatoms. The van der Waals surface area contributed by atoms with Crippen LogP contribution in [0.5, 0.6) is 0 Å². The van der Waals surface area contributed by atoms with Gasteiger partial charge in [0, 0.05) is 28.5 Å². The Labute approximate surface area is 150 Å². The third-order valence-corrected chi connectivity index (χ3v) is 3.97. The van der Waals surface area contributed by atoms with Crippen LogP contribution in [0.2, 0.25) is 10.0 Å². The lowest BCUT2D eigenvalue weighted by atomic mass is 10.2. The van der Waals surface area contributed by atoms with Crippen molar-refractivity contribution in [2.24, 2.45) is 0 Å². The highest BCUT2D eigenvalue weighted by molar-refractivity contribution is 6.31. The van der Waals surface area contributed by atoms with Crippen molar-refractivity contribution in [1.82, 2.24) is 9.97 Å². The number of rotatable bonds is 5. The largest absolute Gasteiger partial charge is 0.350 e. The highest BCUT2D eigenvalue weighted by atomic mass is 35.5. The average molecular weight is 359 g/mol. The summed E-state index contributed by atoms with van der Waals surface area (Å²) in [5.74, 6) is 1.25. The molecule has 3 rings (SSSR count). The van der Waals surface area contributed by atoms with E-state index in [1.807, 2.05) is 55.5 Å². The fourth-order valence-corrected chi connectivity index (χ4v) is 2.46. The minimum Gasteiger partial charge on any atom is -0.350 e. The first-order valence-electron chi connectivity index (χ1n) is 7.45. The second-order valence-electron chi connectivity index (χ2n) is 5.33. The molecule has 0 saturated heterocycles. The number of hydrogen-bond donors (Lipinski definition) is 2. The van der Waals surface area contributed by atoms with Crippen LogP contribution >= 0.6 is 23.2 Å². The maximum absolute atomic E-state index is 6.05. The van der Waals surface area contributed by atoms with E-state index in [1.165, 1.54) is 0 Å². The van der Waals surface area contributed by atoms with Crippen LogP contribution in [0.3, 0.4) is 0 Å². The van der Waals surface area contributed by atoms with Gasteiger partial charge >= 0.3 is 0 Å². The number of halogens is 2. The number of aromatic nitrogens is 2. The standard InChI is InChI=1S/C18H16Cl2N4/c1-12-2-5-15(20)10-16(12)23-17-8-9-21-18(24-17)22-11-13-3-6-14(19)7-4-13/h2-10H,11H2,1H3,(H2,21,22,23,24). The van der Waals surface area contributed by atoms with E-state index in [0.717, 1.165) is 21.8 Å². The van der Waals surface area contributed by atoms with Gasteiger partial charge in [-0.25, -0.2) is 4.98 Å².